The molecule has 3 aromatic rings. The molecule has 26 heavy (non-hydrogen) atoms. The molecule has 6 heteroatoms. The van der Waals surface area contributed by atoms with Gasteiger partial charge in [-0.3, -0.25) is 4.57 Å². The van der Waals surface area contributed by atoms with Crippen LogP contribution in [0.4, 0.5) is 5.95 Å². The summed E-state index contributed by atoms with van der Waals surface area (Å²) in [5.41, 5.74) is 3.83. The minimum absolute atomic E-state index is 0.312. The molecule has 1 heterocycles. The van der Waals surface area contributed by atoms with Crippen molar-refractivity contribution in [1.82, 2.24) is 9.55 Å². The number of anilines is 1. The molecule has 3 rings (SSSR count). The number of imidazole rings is 1. The van der Waals surface area contributed by atoms with Gasteiger partial charge in [0.2, 0.25) is 5.95 Å². The van der Waals surface area contributed by atoms with E-state index >= 15 is 0 Å². The van der Waals surface area contributed by atoms with Gasteiger partial charge >= 0.3 is 5.97 Å². The lowest BCUT2D eigenvalue weighted by atomic mass is 10.2. The molecule has 0 bridgehead atoms. The van der Waals surface area contributed by atoms with Crippen LogP contribution in [-0.2, 0) is 9.53 Å². The first-order valence-electron chi connectivity index (χ1n) is 8.60. The third-order valence-corrected chi connectivity index (χ3v) is 4.14. The Kier molecular flexibility index (Phi) is 5.11. The molecule has 0 radical (unpaired) electrons. The molecule has 1 aromatic heterocycles. The molecular weight excluding hydrogens is 330 g/mol. The molecule has 2 aromatic carbocycles. The van der Waals surface area contributed by atoms with Crippen LogP contribution in [-0.4, -0.2) is 35.3 Å². The van der Waals surface area contributed by atoms with E-state index in [0.29, 0.717) is 12.6 Å². The van der Waals surface area contributed by atoms with Crippen LogP contribution in [0.2, 0.25) is 0 Å². The van der Waals surface area contributed by atoms with Crippen LogP contribution < -0.4 is 10.1 Å². The second-order valence-electron chi connectivity index (χ2n) is 6.08. The Morgan fingerprint density at radius 1 is 1.23 bits per heavy atom. The molecule has 0 saturated heterocycles. The first kappa shape index (κ1) is 17.8. The Morgan fingerprint density at radius 2 is 1.96 bits per heavy atom. The van der Waals surface area contributed by atoms with Gasteiger partial charge in [-0.05, 0) is 45.0 Å². The largest absolute Gasteiger partial charge is 0.497 e. The number of aromatic nitrogens is 2. The first-order valence-corrected chi connectivity index (χ1v) is 8.60. The number of carbonyl (C=O) groups is 1. The van der Waals surface area contributed by atoms with Crippen molar-refractivity contribution in [3.05, 3.63) is 48.0 Å². The van der Waals surface area contributed by atoms with Crippen molar-refractivity contribution in [2.75, 3.05) is 19.0 Å². The molecule has 0 aliphatic heterocycles. The van der Waals surface area contributed by atoms with Gasteiger partial charge in [-0.25, -0.2) is 9.78 Å². The lowest BCUT2D eigenvalue weighted by Crippen LogP contribution is -2.29. The summed E-state index contributed by atoms with van der Waals surface area (Å²) in [6.07, 6.45) is 0. The first-order chi connectivity index (χ1) is 12.5. The standard InChI is InChI=1S/C20H23N3O3/c1-5-26-19(24)14(3)21-20-22-17-11-10-16(25-4)12-18(17)23(20)15-8-6-13(2)7-9-15/h6-12,14H,5H2,1-4H3,(H,21,22). The third kappa shape index (κ3) is 3.49. The fraction of sp³-hybridized carbons (Fsp3) is 0.300. The average Bonchev–Trinajstić information content (AvgIpc) is 2.99. The topological polar surface area (TPSA) is 65.4 Å². The Labute approximate surface area is 152 Å². The predicted octanol–water partition coefficient (Wildman–Crippen LogP) is 3.71. The van der Waals surface area contributed by atoms with Gasteiger partial charge in [-0.15, -0.1) is 0 Å². The zero-order chi connectivity index (χ0) is 18.7. The molecule has 0 fully saturated rings. The van der Waals surface area contributed by atoms with E-state index in [2.05, 4.69) is 10.3 Å². The number of nitrogens with one attached hydrogen (secondary N) is 1. The van der Waals surface area contributed by atoms with Gasteiger partial charge in [-0.2, -0.15) is 0 Å². The van der Waals surface area contributed by atoms with Gasteiger partial charge < -0.3 is 14.8 Å². The zero-order valence-corrected chi connectivity index (χ0v) is 15.4. The zero-order valence-electron chi connectivity index (χ0n) is 15.4. The van der Waals surface area contributed by atoms with Gasteiger partial charge in [-0.1, -0.05) is 17.7 Å². The van der Waals surface area contributed by atoms with Gasteiger partial charge in [0, 0.05) is 11.8 Å². The maximum absolute atomic E-state index is 12.0. The average molecular weight is 353 g/mol. The number of rotatable bonds is 6. The maximum atomic E-state index is 12.0. The van der Waals surface area contributed by atoms with Gasteiger partial charge in [0.1, 0.15) is 11.8 Å². The highest BCUT2D eigenvalue weighted by Crippen LogP contribution is 2.28. The van der Waals surface area contributed by atoms with Crippen LogP contribution in [0.5, 0.6) is 5.75 Å². The molecule has 1 atom stereocenters. The summed E-state index contributed by atoms with van der Waals surface area (Å²) in [5.74, 6) is 1.01. The number of carbonyl (C=O) groups excluding carboxylic acids is 1. The number of aryl methyl sites for hydroxylation is 1. The van der Waals surface area contributed by atoms with E-state index in [0.717, 1.165) is 22.5 Å². The summed E-state index contributed by atoms with van der Waals surface area (Å²) in [6, 6.07) is 13.3. The van der Waals surface area contributed by atoms with E-state index in [4.69, 9.17) is 9.47 Å². The normalized spacial score (nSPS) is 12.0. The maximum Gasteiger partial charge on any atom is 0.328 e. The van der Waals surface area contributed by atoms with Crippen molar-refractivity contribution in [2.45, 2.75) is 26.8 Å². The molecular formula is C20H23N3O3. The summed E-state index contributed by atoms with van der Waals surface area (Å²) in [5, 5.41) is 3.17. The van der Waals surface area contributed by atoms with E-state index < -0.39 is 6.04 Å². The number of hydrogen-bond acceptors (Lipinski definition) is 5. The Balaban J connectivity index is 2.10. The Morgan fingerprint density at radius 3 is 2.62 bits per heavy atom. The summed E-state index contributed by atoms with van der Waals surface area (Å²) < 4.78 is 12.4. The number of nitrogens with zero attached hydrogens (tertiary/aromatic N) is 2. The highest BCUT2D eigenvalue weighted by atomic mass is 16.5. The second kappa shape index (κ2) is 7.47. The smallest absolute Gasteiger partial charge is 0.328 e. The molecule has 6 nitrogen and oxygen atoms in total. The van der Waals surface area contributed by atoms with E-state index in [1.54, 1.807) is 21.0 Å². The molecule has 136 valence electrons. The van der Waals surface area contributed by atoms with Crippen molar-refractivity contribution in [3.8, 4) is 11.4 Å². The molecule has 0 aliphatic rings. The molecule has 1 N–H and O–H groups in total. The quantitative estimate of drug-likeness (QED) is 0.685. The highest BCUT2D eigenvalue weighted by Gasteiger charge is 2.19. The predicted molar refractivity (Wildman–Crippen MR) is 102 cm³/mol. The summed E-state index contributed by atoms with van der Waals surface area (Å²) in [6.45, 7) is 5.94. The summed E-state index contributed by atoms with van der Waals surface area (Å²) in [4.78, 5) is 16.7. The van der Waals surface area contributed by atoms with Gasteiger partial charge in [0.25, 0.3) is 0 Å². The van der Waals surface area contributed by atoms with Crippen molar-refractivity contribution < 1.29 is 14.3 Å². The SMILES string of the molecule is CCOC(=O)C(C)Nc1nc2ccc(OC)cc2n1-c1ccc(C)cc1. The fourth-order valence-electron chi connectivity index (χ4n) is 2.75. The van der Waals surface area contributed by atoms with Crippen LogP contribution >= 0.6 is 0 Å². The molecule has 0 aliphatic carbocycles. The van der Waals surface area contributed by atoms with Crippen molar-refractivity contribution in [1.29, 1.82) is 0 Å². The monoisotopic (exact) mass is 353 g/mol. The summed E-state index contributed by atoms with van der Waals surface area (Å²) >= 11 is 0. The third-order valence-electron chi connectivity index (χ3n) is 4.14. The lowest BCUT2D eigenvalue weighted by molar-refractivity contribution is -0.143. The van der Waals surface area contributed by atoms with Crippen LogP contribution in [0, 0.1) is 6.92 Å². The van der Waals surface area contributed by atoms with Crippen LogP contribution in [0.1, 0.15) is 19.4 Å². The number of hydrogen-bond donors (Lipinski definition) is 1. The molecule has 0 spiro atoms. The Bertz CT molecular complexity index is 916. The van der Waals surface area contributed by atoms with Crippen molar-refractivity contribution in [3.63, 3.8) is 0 Å². The Hall–Kier alpha value is -3.02. The number of esters is 1. The van der Waals surface area contributed by atoms with E-state index in [1.807, 2.05) is 54.0 Å². The number of fused-ring (bicyclic) bond motifs is 1. The van der Waals surface area contributed by atoms with Crippen LogP contribution in [0.15, 0.2) is 42.5 Å². The van der Waals surface area contributed by atoms with Crippen molar-refractivity contribution in [2.24, 2.45) is 0 Å². The molecule has 0 amide bonds. The number of ether oxygens (including phenoxy) is 2. The fourth-order valence-corrected chi connectivity index (χ4v) is 2.75. The highest BCUT2D eigenvalue weighted by molar-refractivity contribution is 5.84. The molecule has 1 unspecified atom stereocenters. The summed E-state index contributed by atoms with van der Waals surface area (Å²) in [7, 11) is 1.63. The van der Waals surface area contributed by atoms with E-state index in [-0.39, 0.29) is 5.97 Å². The minimum atomic E-state index is -0.516. The minimum Gasteiger partial charge on any atom is -0.497 e. The van der Waals surface area contributed by atoms with E-state index in [1.165, 1.54) is 5.56 Å². The van der Waals surface area contributed by atoms with Gasteiger partial charge in [0.05, 0.1) is 24.8 Å². The van der Waals surface area contributed by atoms with Crippen molar-refractivity contribution >= 4 is 23.0 Å². The van der Waals surface area contributed by atoms with Crippen LogP contribution in [0.25, 0.3) is 16.7 Å². The number of benzene rings is 2. The second-order valence-corrected chi connectivity index (χ2v) is 6.08. The van der Waals surface area contributed by atoms with Crippen LogP contribution in [0.3, 0.4) is 0 Å². The van der Waals surface area contributed by atoms with Gasteiger partial charge in [0.15, 0.2) is 0 Å². The van der Waals surface area contributed by atoms with E-state index in [9.17, 15) is 4.79 Å². The molecule has 0 saturated carbocycles. The lowest BCUT2D eigenvalue weighted by Gasteiger charge is -2.15. The number of methoxy groups -OCH3 is 1.